The number of benzene rings is 3. The predicted molar refractivity (Wildman–Crippen MR) is 132 cm³/mol. The molecule has 1 amide bonds. The number of hydrogen-bond donors (Lipinski definition) is 1. The van der Waals surface area contributed by atoms with Gasteiger partial charge in [0, 0.05) is 9.26 Å². The second kappa shape index (κ2) is 9.88. The van der Waals surface area contributed by atoms with Crippen LogP contribution in [0.25, 0.3) is 0 Å². The van der Waals surface area contributed by atoms with Gasteiger partial charge in [0.25, 0.3) is 10.0 Å². The highest BCUT2D eigenvalue weighted by atomic mass is 127. The Morgan fingerprint density at radius 1 is 1.06 bits per heavy atom. The number of sulfonamides is 1. The first kappa shape index (κ1) is 23.4. The maximum Gasteiger partial charge on any atom is 0.264 e. The first-order valence-electron chi connectivity index (χ1n) is 9.19. The molecule has 9 heteroatoms. The molecule has 3 aromatic carbocycles. The molecule has 3 rings (SSSR count). The Labute approximate surface area is 200 Å². The molecular weight excluding hydrogens is 551 g/mol. The molecule has 0 radical (unpaired) electrons. The van der Waals surface area contributed by atoms with Gasteiger partial charge in [0.05, 0.1) is 22.7 Å². The van der Waals surface area contributed by atoms with Crippen LogP contribution in [0.5, 0.6) is 5.75 Å². The van der Waals surface area contributed by atoms with Crippen LogP contribution in [0.1, 0.15) is 5.56 Å². The van der Waals surface area contributed by atoms with E-state index in [-0.39, 0.29) is 15.6 Å². The quantitative estimate of drug-likeness (QED) is 0.401. The number of nitrogens with one attached hydrogen (secondary N) is 1. The molecule has 0 aliphatic rings. The van der Waals surface area contributed by atoms with E-state index in [2.05, 4.69) is 27.9 Å². The van der Waals surface area contributed by atoms with Crippen molar-refractivity contribution >= 4 is 61.5 Å². The van der Waals surface area contributed by atoms with Crippen molar-refractivity contribution in [2.45, 2.75) is 11.8 Å². The maximum atomic E-state index is 13.4. The molecule has 6 nitrogen and oxygen atoms in total. The third-order valence-electron chi connectivity index (χ3n) is 4.45. The molecule has 3 aromatic rings. The first-order chi connectivity index (χ1) is 14.7. The Bertz CT molecular complexity index is 1180. The molecule has 0 heterocycles. The minimum absolute atomic E-state index is 0.0760. The molecule has 0 bridgehead atoms. The van der Waals surface area contributed by atoms with Crippen molar-refractivity contribution in [1.29, 1.82) is 0 Å². The Kier molecular flexibility index (Phi) is 7.45. The predicted octanol–water partition coefficient (Wildman–Crippen LogP) is 5.10. The van der Waals surface area contributed by atoms with E-state index in [0.29, 0.717) is 11.4 Å². The van der Waals surface area contributed by atoms with Gasteiger partial charge >= 0.3 is 0 Å². The normalized spacial score (nSPS) is 11.1. The van der Waals surface area contributed by atoms with Crippen LogP contribution in [0.3, 0.4) is 0 Å². The van der Waals surface area contributed by atoms with E-state index in [1.807, 2.05) is 19.1 Å². The lowest BCUT2D eigenvalue weighted by atomic mass is 10.2. The first-order valence-corrected chi connectivity index (χ1v) is 12.1. The average molecular weight is 571 g/mol. The summed E-state index contributed by atoms with van der Waals surface area (Å²) in [4.78, 5) is 12.8. The van der Waals surface area contributed by atoms with Gasteiger partial charge in [-0.25, -0.2) is 8.42 Å². The fraction of sp³-hybridized carbons (Fsp3) is 0.136. The number of carbonyl (C=O) groups excluding carboxylic acids is 1. The van der Waals surface area contributed by atoms with Crippen molar-refractivity contribution in [2.75, 3.05) is 23.3 Å². The van der Waals surface area contributed by atoms with Gasteiger partial charge in [-0.3, -0.25) is 9.10 Å². The molecular formula is C22H20ClIN2O4S. The van der Waals surface area contributed by atoms with E-state index >= 15 is 0 Å². The topological polar surface area (TPSA) is 75.7 Å². The SMILES string of the molecule is COc1ccc(N(CC(=O)Nc2ccc(I)cc2)S(=O)(=O)c2ccc(C)cc2)cc1Cl. The summed E-state index contributed by atoms with van der Waals surface area (Å²) in [6.07, 6.45) is 0. The minimum atomic E-state index is -4.03. The van der Waals surface area contributed by atoms with Crippen LogP contribution in [0.2, 0.25) is 5.02 Å². The van der Waals surface area contributed by atoms with E-state index in [1.165, 1.54) is 25.3 Å². The fourth-order valence-corrected chi connectivity index (χ4v) is 4.85. The molecule has 0 aromatic heterocycles. The highest BCUT2D eigenvalue weighted by molar-refractivity contribution is 14.1. The number of methoxy groups -OCH3 is 1. The summed E-state index contributed by atoms with van der Waals surface area (Å²) in [7, 11) is -2.56. The van der Waals surface area contributed by atoms with Crippen molar-refractivity contribution in [2.24, 2.45) is 0 Å². The zero-order chi connectivity index (χ0) is 22.6. The van der Waals surface area contributed by atoms with E-state index < -0.39 is 22.5 Å². The van der Waals surface area contributed by atoms with Crippen LogP contribution < -0.4 is 14.4 Å². The lowest BCUT2D eigenvalue weighted by Gasteiger charge is -2.24. The van der Waals surface area contributed by atoms with Crippen LogP contribution in [-0.4, -0.2) is 28.0 Å². The van der Waals surface area contributed by atoms with E-state index in [0.717, 1.165) is 13.4 Å². The number of hydrogen-bond acceptors (Lipinski definition) is 4. The third kappa shape index (κ3) is 5.69. The molecule has 0 aliphatic heterocycles. The number of halogens is 2. The maximum absolute atomic E-state index is 13.4. The number of carbonyl (C=O) groups is 1. The minimum Gasteiger partial charge on any atom is -0.495 e. The molecule has 162 valence electrons. The van der Waals surface area contributed by atoms with Gasteiger partial charge in [-0.1, -0.05) is 29.3 Å². The molecule has 0 atom stereocenters. The summed E-state index contributed by atoms with van der Waals surface area (Å²) < 4.78 is 34.0. The van der Waals surface area contributed by atoms with Gasteiger partial charge in [0.1, 0.15) is 12.3 Å². The summed E-state index contributed by atoms with van der Waals surface area (Å²) in [5, 5.41) is 2.97. The number of rotatable bonds is 7. The van der Waals surface area contributed by atoms with Crippen molar-refractivity contribution in [3.05, 3.63) is 80.9 Å². The number of amides is 1. The molecule has 0 saturated heterocycles. The Balaban J connectivity index is 1.97. The summed E-state index contributed by atoms with van der Waals surface area (Å²) in [5.41, 5.74) is 1.75. The van der Waals surface area contributed by atoms with Crippen LogP contribution >= 0.6 is 34.2 Å². The Morgan fingerprint density at radius 3 is 2.29 bits per heavy atom. The molecule has 31 heavy (non-hydrogen) atoms. The smallest absolute Gasteiger partial charge is 0.264 e. The van der Waals surface area contributed by atoms with Crippen LogP contribution in [0, 0.1) is 10.5 Å². The van der Waals surface area contributed by atoms with E-state index in [4.69, 9.17) is 16.3 Å². The van der Waals surface area contributed by atoms with E-state index in [1.54, 1.807) is 36.4 Å². The number of nitrogens with zero attached hydrogens (tertiary/aromatic N) is 1. The molecule has 1 N–H and O–H groups in total. The molecule has 0 spiro atoms. The second-order valence-electron chi connectivity index (χ2n) is 6.70. The van der Waals surface area contributed by atoms with Crippen molar-refractivity contribution in [3.63, 3.8) is 0 Å². The fourth-order valence-electron chi connectivity index (χ4n) is 2.83. The lowest BCUT2D eigenvalue weighted by molar-refractivity contribution is -0.114. The standard InChI is InChI=1S/C22H20ClIN2O4S/c1-15-3-10-19(11-4-15)31(28,29)26(18-9-12-21(30-2)20(23)13-18)14-22(27)25-17-7-5-16(24)6-8-17/h3-13H,14H2,1-2H3,(H,25,27). The Hall–Kier alpha value is -2.30. The lowest BCUT2D eigenvalue weighted by Crippen LogP contribution is -2.38. The zero-order valence-corrected chi connectivity index (χ0v) is 20.5. The number of anilines is 2. The highest BCUT2D eigenvalue weighted by Crippen LogP contribution is 2.32. The van der Waals surface area contributed by atoms with Gasteiger partial charge < -0.3 is 10.1 Å². The van der Waals surface area contributed by atoms with Crippen molar-refractivity contribution in [3.8, 4) is 5.75 Å². The zero-order valence-electron chi connectivity index (χ0n) is 16.8. The largest absolute Gasteiger partial charge is 0.495 e. The van der Waals surface area contributed by atoms with Crippen LogP contribution in [0.15, 0.2) is 71.6 Å². The van der Waals surface area contributed by atoms with Gasteiger partial charge in [0.2, 0.25) is 5.91 Å². The number of ether oxygens (including phenoxy) is 1. The van der Waals surface area contributed by atoms with Gasteiger partial charge in [-0.15, -0.1) is 0 Å². The summed E-state index contributed by atoms with van der Waals surface area (Å²) >= 11 is 8.39. The van der Waals surface area contributed by atoms with Crippen molar-refractivity contribution in [1.82, 2.24) is 0 Å². The Morgan fingerprint density at radius 2 is 1.71 bits per heavy atom. The molecule has 0 unspecified atom stereocenters. The van der Waals surface area contributed by atoms with Gasteiger partial charge in [-0.2, -0.15) is 0 Å². The van der Waals surface area contributed by atoms with Gasteiger partial charge in [0.15, 0.2) is 0 Å². The van der Waals surface area contributed by atoms with Gasteiger partial charge in [-0.05, 0) is 84.1 Å². The van der Waals surface area contributed by atoms with Crippen LogP contribution in [-0.2, 0) is 14.8 Å². The number of aryl methyl sites for hydroxylation is 1. The summed E-state index contributed by atoms with van der Waals surface area (Å²) in [6.45, 7) is 1.44. The highest BCUT2D eigenvalue weighted by Gasteiger charge is 2.28. The third-order valence-corrected chi connectivity index (χ3v) is 7.25. The summed E-state index contributed by atoms with van der Waals surface area (Å²) in [6, 6.07) is 18.2. The van der Waals surface area contributed by atoms with E-state index in [9.17, 15) is 13.2 Å². The molecule has 0 fully saturated rings. The van der Waals surface area contributed by atoms with Crippen LogP contribution in [0.4, 0.5) is 11.4 Å². The second-order valence-corrected chi connectivity index (χ2v) is 10.2. The monoisotopic (exact) mass is 570 g/mol. The summed E-state index contributed by atoms with van der Waals surface area (Å²) in [5.74, 6) is -0.0784. The molecule has 0 aliphatic carbocycles. The average Bonchev–Trinajstić information content (AvgIpc) is 2.74. The van der Waals surface area contributed by atoms with Crippen molar-refractivity contribution < 1.29 is 17.9 Å². The molecule has 0 saturated carbocycles.